The van der Waals surface area contributed by atoms with Crippen molar-refractivity contribution in [1.29, 1.82) is 0 Å². The molecule has 2 N–H and O–H groups in total. The second kappa shape index (κ2) is 23.2. The van der Waals surface area contributed by atoms with Gasteiger partial charge in [-0.15, -0.1) is 0 Å². The van der Waals surface area contributed by atoms with Gasteiger partial charge in [-0.25, -0.2) is 4.57 Å². The molecule has 0 heterocycles. The molecule has 0 spiro atoms. The Kier molecular flexibility index (Phi) is 23.0. The molecule has 0 bridgehead atoms. The van der Waals surface area contributed by atoms with Crippen LogP contribution in [0.5, 0.6) is 0 Å². The number of Topliss-reactive ketones (excluding diaryl/α,β-unsaturated/α-hetero) is 1. The van der Waals surface area contributed by atoms with Crippen molar-refractivity contribution in [3.63, 3.8) is 0 Å². The molecule has 0 amide bonds. The Morgan fingerprint density at radius 1 is 0.795 bits per heavy atom. The van der Waals surface area contributed by atoms with E-state index >= 15 is 0 Å². The fourth-order valence-corrected chi connectivity index (χ4v) is 5.43. The van der Waals surface area contributed by atoms with Crippen LogP contribution in [0.4, 0.5) is 0 Å². The summed E-state index contributed by atoms with van der Waals surface area (Å²) < 4.78 is 28.5. The van der Waals surface area contributed by atoms with Gasteiger partial charge in [-0.05, 0) is 19.8 Å². The number of carbonyl (C=O) groups excluding carboxylic acids is 1. The molecule has 0 radical (unpaired) electrons. The van der Waals surface area contributed by atoms with Gasteiger partial charge in [0.2, 0.25) is 0 Å². The maximum Gasteiger partial charge on any atom is 0.472 e. The molecule has 0 rings (SSSR count). The van der Waals surface area contributed by atoms with Crippen LogP contribution < -0.4 is 0 Å². The van der Waals surface area contributed by atoms with Crippen molar-refractivity contribution in [3.05, 3.63) is 0 Å². The number of aliphatic hydroxyl groups excluding tert-OH is 1. The molecular formula is C30H63NO7P+. The van der Waals surface area contributed by atoms with Gasteiger partial charge in [-0.2, -0.15) is 0 Å². The molecule has 0 fully saturated rings. The number of ether oxygens (including phenoxy) is 1. The van der Waals surface area contributed by atoms with Crippen molar-refractivity contribution in [2.24, 2.45) is 5.92 Å². The number of nitrogens with zero attached hydrogens (tertiary/aromatic N) is 1. The highest BCUT2D eigenvalue weighted by atomic mass is 31.2. The minimum Gasteiger partial charge on any atom is -0.388 e. The van der Waals surface area contributed by atoms with E-state index in [1.54, 1.807) is 6.92 Å². The predicted molar refractivity (Wildman–Crippen MR) is 160 cm³/mol. The molecule has 0 saturated carbocycles. The van der Waals surface area contributed by atoms with Crippen LogP contribution in [0.2, 0.25) is 0 Å². The molecule has 3 unspecified atom stereocenters. The summed E-state index contributed by atoms with van der Waals surface area (Å²) in [6.07, 6.45) is 18.2. The fraction of sp³-hybridized carbons (Fsp3) is 0.967. The summed E-state index contributed by atoms with van der Waals surface area (Å²) in [6.45, 7) is 6.00. The number of aliphatic hydroxyl groups is 1. The van der Waals surface area contributed by atoms with E-state index in [0.717, 1.165) is 19.3 Å². The number of hydrogen-bond acceptors (Lipinski definition) is 6. The molecule has 0 saturated heterocycles. The zero-order chi connectivity index (χ0) is 29.6. The van der Waals surface area contributed by atoms with Gasteiger partial charge in [0.1, 0.15) is 25.0 Å². The molecule has 9 heteroatoms. The highest BCUT2D eigenvalue weighted by Crippen LogP contribution is 2.43. The van der Waals surface area contributed by atoms with Gasteiger partial charge < -0.3 is 19.2 Å². The molecule has 39 heavy (non-hydrogen) atoms. The second-order valence-electron chi connectivity index (χ2n) is 12.1. The lowest BCUT2D eigenvalue weighted by Crippen LogP contribution is -2.37. The standard InChI is InChI=1S/C30H62NO7P/c1-7-9-10-11-12-13-14-15-16-17-18-19-20-21-22-30(29(8-2)27(3)32)36-25-28(33)26-38-39(34,35)37-24-23-31(4,5)6/h28-30,33H,7-26H2,1-6H3/p+1/t28?,29-,30?/m0/s1. The fourth-order valence-electron chi connectivity index (χ4n) is 4.68. The average Bonchev–Trinajstić information content (AvgIpc) is 2.85. The third kappa shape index (κ3) is 24.0. The lowest BCUT2D eigenvalue weighted by atomic mass is 9.91. The Labute approximate surface area is 240 Å². The van der Waals surface area contributed by atoms with Crippen molar-refractivity contribution in [2.75, 3.05) is 47.5 Å². The van der Waals surface area contributed by atoms with E-state index < -0.39 is 13.9 Å². The SMILES string of the molecule is CCCCCCCCCCCCCCCCC(OCC(O)COP(=O)(O)OCC[N+](C)(C)C)[C@@H](CC)C(C)=O. The van der Waals surface area contributed by atoms with Crippen molar-refractivity contribution in [3.8, 4) is 0 Å². The molecule has 234 valence electrons. The van der Waals surface area contributed by atoms with Gasteiger partial charge in [0, 0.05) is 5.92 Å². The van der Waals surface area contributed by atoms with Crippen LogP contribution in [-0.2, 0) is 23.1 Å². The summed E-state index contributed by atoms with van der Waals surface area (Å²) >= 11 is 0. The van der Waals surface area contributed by atoms with E-state index in [4.69, 9.17) is 13.8 Å². The molecule has 0 aliphatic carbocycles. The molecular weight excluding hydrogens is 517 g/mol. The molecule has 4 atom stereocenters. The van der Waals surface area contributed by atoms with Crippen molar-refractivity contribution in [1.82, 2.24) is 0 Å². The van der Waals surface area contributed by atoms with Crippen LogP contribution in [0.1, 0.15) is 124 Å². The smallest absolute Gasteiger partial charge is 0.388 e. The summed E-state index contributed by atoms with van der Waals surface area (Å²) in [5, 5.41) is 10.3. The van der Waals surface area contributed by atoms with Gasteiger partial charge >= 0.3 is 7.82 Å². The summed E-state index contributed by atoms with van der Waals surface area (Å²) in [5.41, 5.74) is 0. The number of rotatable bonds is 28. The van der Waals surface area contributed by atoms with E-state index in [9.17, 15) is 19.4 Å². The lowest BCUT2D eigenvalue weighted by Gasteiger charge is -2.26. The van der Waals surface area contributed by atoms with E-state index in [1.807, 2.05) is 28.1 Å². The number of likely N-dealkylation sites (N-methyl/N-ethyl adjacent to an activating group) is 1. The zero-order valence-corrected chi connectivity index (χ0v) is 27.1. The van der Waals surface area contributed by atoms with Crippen LogP contribution >= 0.6 is 7.82 Å². The minimum atomic E-state index is -4.25. The summed E-state index contributed by atoms with van der Waals surface area (Å²) in [6, 6.07) is 0. The normalized spacial score (nSPS) is 16.1. The topological polar surface area (TPSA) is 102 Å². The van der Waals surface area contributed by atoms with Gasteiger partial charge in [-0.3, -0.25) is 13.8 Å². The number of quaternary nitrogens is 1. The monoisotopic (exact) mass is 580 g/mol. The largest absolute Gasteiger partial charge is 0.472 e. The quantitative estimate of drug-likeness (QED) is 0.0580. The average molecular weight is 581 g/mol. The molecule has 0 aromatic carbocycles. The number of phosphoric ester groups is 1. The Morgan fingerprint density at radius 2 is 1.28 bits per heavy atom. The number of phosphoric acid groups is 1. The first kappa shape index (κ1) is 38.7. The maximum absolute atomic E-state index is 12.2. The lowest BCUT2D eigenvalue weighted by molar-refractivity contribution is -0.870. The Morgan fingerprint density at radius 3 is 1.72 bits per heavy atom. The third-order valence-electron chi connectivity index (χ3n) is 7.20. The van der Waals surface area contributed by atoms with Crippen LogP contribution in [0.15, 0.2) is 0 Å². The molecule has 8 nitrogen and oxygen atoms in total. The molecule has 0 aromatic heterocycles. The van der Waals surface area contributed by atoms with Crippen molar-refractivity contribution in [2.45, 2.75) is 136 Å². The highest BCUT2D eigenvalue weighted by Gasteiger charge is 2.27. The first-order valence-electron chi connectivity index (χ1n) is 15.6. The molecule has 0 aliphatic rings. The minimum absolute atomic E-state index is 0.0636. The van der Waals surface area contributed by atoms with Crippen LogP contribution in [0.25, 0.3) is 0 Å². The summed E-state index contributed by atoms with van der Waals surface area (Å²) in [4.78, 5) is 22.0. The van der Waals surface area contributed by atoms with Crippen LogP contribution in [-0.4, -0.2) is 80.0 Å². The van der Waals surface area contributed by atoms with E-state index in [2.05, 4.69) is 6.92 Å². The Hall–Kier alpha value is -0.340. The molecule has 0 aliphatic heterocycles. The van der Waals surface area contributed by atoms with Crippen LogP contribution in [0.3, 0.4) is 0 Å². The van der Waals surface area contributed by atoms with Gasteiger partial charge in [-0.1, -0.05) is 104 Å². The van der Waals surface area contributed by atoms with E-state index in [1.165, 1.54) is 77.0 Å². The van der Waals surface area contributed by atoms with Crippen LogP contribution in [0, 0.1) is 5.92 Å². The Balaban J connectivity index is 4.20. The van der Waals surface area contributed by atoms with E-state index in [0.29, 0.717) is 17.4 Å². The number of ketones is 1. The van der Waals surface area contributed by atoms with Crippen molar-refractivity contribution < 1.29 is 37.6 Å². The summed E-state index contributed by atoms with van der Waals surface area (Å²) in [5.74, 6) is -0.132. The third-order valence-corrected chi connectivity index (χ3v) is 8.19. The highest BCUT2D eigenvalue weighted by molar-refractivity contribution is 7.47. The first-order chi connectivity index (χ1) is 18.4. The predicted octanol–water partition coefficient (Wildman–Crippen LogP) is 7.06. The Bertz CT molecular complexity index is 641. The number of hydrogen-bond donors (Lipinski definition) is 2. The second-order valence-corrected chi connectivity index (χ2v) is 13.6. The van der Waals surface area contributed by atoms with Gasteiger partial charge in [0.15, 0.2) is 0 Å². The van der Waals surface area contributed by atoms with Crippen molar-refractivity contribution >= 4 is 13.6 Å². The number of unbranched alkanes of at least 4 members (excludes halogenated alkanes) is 13. The maximum atomic E-state index is 12.2. The first-order valence-corrected chi connectivity index (χ1v) is 17.1. The zero-order valence-electron chi connectivity index (χ0n) is 26.2. The molecule has 0 aromatic rings. The summed E-state index contributed by atoms with van der Waals surface area (Å²) in [7, 11) is 1.61. The number of carbonyl (C=O) groups is 1. The van der Waals surface area contributed by atoms with E-state index in [-0.39, 0.29) is 37.6 Å². The van der Waals surface area contributed by atoms with Gasteiger partial charge in [0.05, 0.1) is 40.5 Å². The van der Waals surface area contributed by atoms with Gasteiger partial charge in [0.25, 0.3) is 0 Å².